The molecule has 2 aromatic rings. The van der Waals surface area contributed by atoms with Crippen molar-refractivity contribution in [1.82, 2.24) is 4.90 Å². The Balaban J connectivity index is 1.43. The van der Waals surface area contributed by atoms with Gasteiger partial charge in [0.25, 0.3) is 0 Å². The molecule has 0 unspecified atom stereocenters. The molecular weight excluding hydrogens is 350 g/mol. The van der Waals surface area contributed by atoms with E-state index in [1.165, 1.54) is 5.56 Å². The van der Waals surface area contributed by atoms with Crippen LogP contribution >= 0.6 is 0 Å². The molecule has 1 saturated carbocycles. The zero-order valence-electron chi connectivity index (χ0n) is 16.3. The highest BCUT2D eigenvalue weighted by Crippen LogP contribution is 2.42. The van der Waals surface area contributed by atoms with Crippen molar-refractivity contribution in [2.75, 3.05) is 13.1 Å². The second-order valence-corrected chi connectivity index (χ2v) is 8.15. The number of hydrogen-bond acceptors (Lipinski definition) is 4. The van der Waals surface area contributed by atoms with Gasteiger partial charge >= 0.3 is 5.97 Å². The Morgan fingerprint density at radius 1 is 1.00 bits per heavy atom. The Morgan fingerprint density at radius 3 is 2.32 bits per heavy atom. The van der Waals surface area contributed by atoms with E-state index in [0.717, 1.165) is 51.7 Å². The molecule has 4 heteroatoms. The van der Waals surface area contributed by atoms with Crippen LogP contribution < -0.4 is 0 Å². The van der Waals surface area contributed by atoms with Gasteiger partial charge in [0.05, 0.1) is 0 Å². The summed E-state index contributed by atoms with van der Waals surface area (Å²) in [6.45, 7) is 2.48. The molecule has 0 spiro atoms. The van der Waals surface area contributed by atoms with E-state index in [2.05, 4.69) is 17.0 Å². The number of nitrogens with zero attached hydrogens (tertiary/aromatic N) is 1. The molecule has 0 radical (unpaired) electrons. The molecule has 1 aliphatic heterocycles. The van der Waals surface area contributed by atoms with Crippen LogP contribution in [-0.2, 0) is 21.7 Å². The quantitative estimate of drug-likeness (QED) is 0.774. The lowest BCUT2D eigenvalue weighted by Crippen LogP contribution is -2.45. The van der Waals surface area contributed by atoms with E-state index < -0.39 is 11.6 Å². The lowest BCUT2D eigenvalue weighted by molar-refractivity contribution is -0.178. The standard InChI is InChI=1S/C24H29NO3/c26-23(24(27,21-13-7-8-14-21)20-11-5-2-6-12-20)28-22-15-16-25(18-22)17-19-9-3-1-4-10-19/h1-6,9-12,21-22,27H,7-8,13-18H2/t22-,24-/m0/s1. The fraction of sp³-hybridized carbons (Fsp3) is 0.458. The summed E-state index contributed by atoms with van der Waals surface area (Å²) in [5.74, 6) is -0.540. The average molecular weight is 380 g/mol. The number of benzene rings is 2. The molecule has 1 N–H and O–H groups in total. The van der Waals surface area contributed by atoms with Gasteiger partial charge in [0.1, 0.15) is 6.10 Å². The number of ether oxygens (including phenoxy) is 1. The molecule has 2 aliphatic rings. The molecule has 4 rings (SSSR count). The lowest BCUT2D eigenvalue weighted by atomic mass is 9.80. The van der Waals surface area contributed by atoms with Crippen molar-refractivity contribution < 1.29 is 14.6 Å². The summed E-state index contributed by atoms with van der Waals surface area (Å²) in [5, 5.41) is 11.5. The molecular formula is C24H29NO3. The zero-order valence-corrected chi connectivity index (χ0v) is 16.3. The highest BCUT2D eigenvalue weighted by molar-refractivity contribution is 5.81. The molecule has 28 heavy (non-hydrogen) atoms. The SMILES string of the molecule is O=C(O[C@H]1CCN(Cc2ccccc2)C1)[C@](O)(c1ccccc1)C1CCCC1. The van der Waals surface area contributed by atoms with Crippen molar-refractivity contribution >= 4 is 5.97 Å². The van der Waals surface area contributed by atoms with Gasteiger partial charge in [-0.25, -0.2) is 4.79 Å². The Hall–Kier alpha value is -2.17. The molecule has 2 aromatic carbocycles. The first kappa shape index (κ1) is 19.2. The van der Waals surface area contributed by atoms with Crippen LogP contribution in [0.4, 0.5) is 0 Å². The first-order valence-corrected chi connectivity index (χ1v) is 10.4. The largest absolute Gasteiger partial charge is 0.459 e. The predicted molar refractivity (Wildman–Crippen MR) is 109 cm³/mol. The summed E-state index contributed by atoms with van der Waals surface area (Å²) in [5.41, 5.74) is 0.386. The molecule has 148 valence electrons. The van der Waals surface area contributed by atoms with E-state index in [0.29, 0.717) is 5.56 Å². The fourth-order valence-corrected chi connectivity index (χ4v) is 4.68. The molecule has 0 amide bonds. The van der Waals surface area contributed by atoms with Gasteiger partial charge in [0.2, 0.25) is 0 Å². The molecule has 1 saturated heterocycles. The van der Waals surface area contributed by atoms with Gasteiger partial charge in [-0.05, 0) is 30.4 Å². The van der Waals surface area contributed by atoms with Gasteiger partial charge in [-0.1, -0.05) is 73.5 Å². The van der Waals surface area contributed by atoms with Crippen LogP contribution in [0.15, 0.2) is 60.7 Å². The predicted octanol–water partition coefficient (Wildman–Crippen LogP) is 3.88. The van der Waals surface area contributed by atoms with Crippen molar-refractivity contribution in [3.8, 4) is 0 Å². The van der Waals surface area contributed by atoms with E-state index in [4.69, 9.17) is 4.74 Å². The highest BCUT2D eigenvalue weighted by atomic mass is 16.6. The van der Waals surface area contributed by atoms with Gasteiger partial charge in [0, 0.05) is 25.6 Å². The average Bonchev–Trinajstić information content (AvgIpc) is 3.41. The highest BCUT2D eigenvalue weighted by Gasteiger charge is 2.48. The van der Waals surface area contributed by atoms with Crippen molar-refractivity contribution in [2.45, 2.75) is 50.4 Å². The first-order chi connectivity index (χ1) is 13.7. The van der Waals surface area contributed by atoms with E-state index in [1.807, 2.05) is 48.5 Å². The summed E-state index contributed by atoms with van der Waals surface area (Å²) in [7, 11) is 0. The fourth-order valence-electron chi connectivity index (χ4n) is 4.68. The van der Waals surface area contributed by atoms with E-state index >= 15 is 0 Å². The van der Waals surface area contributed by atoms with Crippen LogP contribution in [0, 0.1) is 5.92 Å². The second kappa shape index (κ2) is 8.46. The maximum absolute atomic E-state index is 13.2. The molecule has 1 heterocycles. The van der Waals surface area contributed by atoms with Crippen LogP contribution in [0.2, 0.25) is 0 Å². The zero-order chi connectivity index (χ0) is 19.4. The second-order valence-electron chi connectivity index (χ2n) is 8.15. The Kier molecular flexibility index (Phi) is 5.79. The summed E-state index contributed by atoms with van der Waals surface area (Å²) >= 11 is 0. The van der Waals surface area contributed by atoms with Gasteiger partial charge in [-0.15, -0.1) is 0 Å². The van der Waals surface area contributed by atoms with Crippen LogP contribution in [0.5, 0.6) is 0 Å². The maximum Gasteiger partial charge on any atom is 0.343 e. The summed E-state index contributed by atoms with van der Waals surface area (Å²) in [6.07, 6.45) is 4.50. The minimum absolute atomic E-state index is 0.0655. The monoisotopic (exact) mass is 379 g/mol. The van der Waals surface area contributed by atoms with Crippen molar-refractivity contribution in [3.63, 3.8) is 0 Å². The normalized spacial score (nSPS) is 22.8. The van der Waals surface area contributed by atoms with E-state index in [1.54, 1.807) is 0 Å². The molecule has 0 aromatic heterocycles. The van der Waals surface area contributed by atoms with E-state index in [-0.39, 0.29) is 12.0 Å². The van der Waals surface area contributed by atoms with Gasteiger partial charge in [-0.2, -0.15) is 0 Å². The summed E-state index contributed by atoms with van der Waals surface area (Å²) in [6, 6.07) is 19.7. The van der Waals surface area contributed by atoms with E-state index in [9.17, 15) is 9.90 Å². The van der Waals surface area contributed by atoms with Crippen LogP contribution in [0.25, 0.3) is 0 Å². The third-order valence-corrected chi connectivity index (χ3v) is 6.22. The minimum atomic E-state index is -1.54. The molecule has 2 fully saturated rings. The van der Waals surface area contributed by atoms with Gasteiger partial charge in [0.15, 0.2) is 5.60 Å². The summed E-state index contributed by atoms with van der Waals surface area (Å²) in [4.78, 5) is 15.5. The number of esters is 1. The molecule has 4 nitrogen and oxygen atoms in total. The number of likely N-dealkylation sites (tertiary alicyclic amines) is 1. The van der Waals surface area contributed by atoms with Crippen molar-refractivity contribution in [3.05, 3.63) is 71.8 Å². The Labute approximate surface area is 167 Å². The topological polar surface area (TPSA) is 49.8 Å². The number of hydrogen-bond donors (Lipinski definition) is 1. The van der Waals surface area contributed by atoms with Gasteiger partial charge < -0.3 is 9.84 Å². The van der Waals surface area contributed by atoms with Crippen molar-refractivity contribution in [1.29, 1.82) is 0 Å². The number of aliphatic hydroxyl groups is 1. The van der Waals surface area contributed by atoms with Crippen LogP contribution in [0.1, 0.15) is 43.2 Å². The third-order valence-electron chi connectivity index (χ3n) is 6.22. The van der Waals surface area contributed by atoms with Crippen molar-refractivity contribution in [2.24, 2.45) is 5.92 Å². The molecule has 2 atom stereocenters. The third kappa shape index (κ3) is 3.98. The number of carbonyl (C=O) groups is 1. The Bertz CT molecular complexity index is 773. The summed E-state index contributed by atoms with van der Waals surface area (Å²) < 4.78 is 5.88. The number of carbonyl (C=O) groups excluding carboxylic acids is 1. The maximum atomic E-state index is 13.2. The Morgan fingerprint density at radius 2 is 1.64 bits per heavy atom. The number of rotatable bonds is 6. The smallest absolute Gasteiger partial charge is 0.343 e. The minimum Gasteiger partial charge on any atom is -0.459 e. The first-order valence-electron chi connectivity index (χ1n) is 10.4. The van der Waals surface area contributed by atoms with Crippen LogP contribution in [0.3, 0.4) is 0 Å². The van der Waals surface area contributed by atoms with Gasteiger partial charge in [-0.3, -0.25) is 4.90 Å². The van der Waals surface area contributed by atoms with Crippen LogP contribution in [-0.4, -0.2) is 35.2 Å². The molecule has 1 aliphatic carbocycles. The lowest BCUT2D eigenvalue weighted by Gasteiger charge is -2.33. The molecule has 0 bridgehead atoms.